The van der Waals surface area contributed by atoms with Crippen molar-refractivity contribution in [1.82, 2.24) is 9.88 Å². The largest absolute Gasteiger partial charge is 0.507 e. The zero-order valence-corrected chi connectivity index (χ0v) is 16.3. The van der Waals surface area contributed by atoms with Crippen molar-refractivity contribution in [2.45, 2.75) is 26.3 Å². The first-order chi connectivity index (χ1) is 13.5. The van der Waals surface area contributed by atoms with Gasteiger partial charge < -0.3 is 14.7 Å². The van der Waals surface area contributed by atoms with Gasteiger partial charge in [0.1, 0.15) is 5.76 Å². The molecule has 6 nitrogen and oxygen atoms in total. The van der Waals surface area contributed by atoms with Crippen LogP contribution in [0.2, 0.25) is 0 Å². The van der Waals surface area contributed by atoms with E-state index in [0.717, 1.165) is 16.7 Å². The van der Waals surface area contributed by atoms with E-state index in [1.807, 2.05) is 32.0 Å². The molecule has 2 aromatic rings. The highest BCUT2D eigenvalue weighted by atomic mass is 16.5. The quantitative estimate of drug-likeness (QED) is 0.360. The molecule has 1 N–H and O–H groups in total. The smallest absolute Gasteiger partial charge is 0.295 e. The van der Waals surface area contributed by atoms with E-state index in [1.54, 1.807) is 31.6 Å². The highest BCUT2D eigenvalue weighted by Gasteiger charge is 2.45. The lowest BCUT2D eigenvalue weighted by molar-refractivity contribution is -0.140. The molecule has 6 heteroatoms. The number of carbonyl (C=O) groups excluding carboxylic acids is 2. The van der Waals surface area contributed by atoms with Gasteiger partial charge in [0.2, 0.25) is 0 Å². The van der Waals surface area contributed by atoms with E-state index in [2.05, 4.69) is 4.98 Å². The van der Waals surface area contributed by atoms with E-state index >= 15 is 0 Å². The van der Waals surface area contributed by atoms with Crippen LogP contribution in [0.15, 0.2) is 48.3 Å². The normalized spacial score (nSPS) is 18.7. The fraction of sp³-hybridized carbons (Fsp3) is 0.318. The Bertz CT molecular complexity index is 921. The van der Waals surface area contributed by atoms with Gasteiger partial charge in [0, 0.05) is 38.2 Å². The Kier molecular flexibility index (Phi) is 5.90. The minimum absolute atomic E-state index is 0.113. The van der Waals surface area contributed by atoms with Gasteiger partial charge in [-0.05, 0) is 49.6 Å². The van der Waals surface area contributed by atoms with Crippen LogP contribution in [0.25, 0.3) is 5.76 Å². The Morgan fingerprint density at radius 3 is 2.57 bits per heavy atom. The van der Waals surface area contributed by atoms with Crippen molar-refractivity contribution in [3.05, 3.63) is 70.6 Å². The summed E-state index contributed by atoms with van der Waals surface area (Å²) >= 11 is 0. The van der Waals surface area contributed by atoms with Gasteiger partial charge in [0.15, 0.2) is 0 Å². The van der Waals surface area contributed by atoms with E-state index in [1.165, 1.54) is 4.90 Å². The van der Waals surface area contributed by atoms with E-state index in [-0.39, 0.29) is 11.3 Å². The molecule has 146 valence electrons. The molecule has 1 saturated heterocycles. The number of amides is 1. The summed E-state index contributed by atoms with van der Waals surface area (Å²) in [6.45, 7) is 4.61. The Hall–Kier alpha value is -2.99. The summed E-state index contributed by atoms with van der Waals surface area (Å²) in [4.78, 5) is 31.2. The van der Waals surface area contributed by atoms with E-state index < -0.39 is 17.7 Å². The SMILES string of the molecule is COCCCN1C(=O)C(=O)/C(=C(/O)c2cc(C)ccc2C)C1c1ccncc1. The van der Waals surface area contributed by atoms with Crippen LogP contribution in [-0.2, 0) is 14.3 Å². The summed E-state index contributed by atoms with van der Waals surface area (Å²) in [6, 6.07) is 8.52. The predicted octanol–water partition coefficient (Wildman–Crippen LogP) is 3.16. The van der Waals surface area contributed by atoms with Gasteiger partial charge in [-0.2, -0.15) is 0 Å². The van der Waals surface area contributed by atoms with Gasteiger partial charge >= 0.3 is 0 Å². The number of methoxy groups -OCH3 is 1. The summed E-state index contributed by atoms with van der Waals surface area (Å²) in [6.07, 6.45) is 3.82. The molecule has 2 heterocycles. The first kappa shape index (κ1) is 19.8. The Morgan fingerprint density at radius 2 is 1.89 bits per heavy atom. The molecule has 3 rings (SSSR count). The third-order valence-corrected chi connectivity index (χ3v) is 4.96. The number of carbonyl (C=O) groups is 2. The van der Waals surface area contributed by atoms with Gasteiger partial charge in [-0.25, -0.2) is 0 Å². The van der Waals surface area contributed by atoms with Crippen LogP contribution in [0, 0.1) is 13.8 Å². The molecule has 1 aromatic heterocycles. The number of likely N-dealkylation sites (tertiary alicyclic amines) is 1. The van der Waals surface area contributed by atoms with E-state index in [9.17, 15) is 14.7 Å². The highest BCUT2D eigenvalue weighted by Crippen LogP contribution is 2.39. The van der Waals surface area contributed by atoms with Crippen LogP contribution < -0.4 is 0 Å². The van der Waals surface area contributed by atoms with Crippen LogP contribution in [0.4, 0.5) is 0 Å². The molecule has 0 radical (unpaired) electrons. The maximum Gasteiger partial charge on any atom is 0.295 e. The number of aliphatic hydroxyl groups excluding tert-OH is 1. The molecule has 0 aliphatic carbocycles. The number of aliphatic hydroxyl groups is 1. The van der Waals surface area contributed by atoms with Crippen molar-refractivity contribution in [2.24, 2.45) is 0 Å². The summed E-state index contributed by atoms with van der Waals surface area (Å²) in [5, 5.41) is 11.1. The first-order valence-electron chi connectivity index (χ1n) is 9.20. The molecule has 28 heavy (non-hydrogen) atoms. The monoisotopic (exact) mass is 380 g/mol. The number of ether oxygens (including phenoxy) is 1. The van der Waals surface area contributed by atoms with Crippen molar-refractivity contribution in [2.75, 3.05) is 20.3 Å². The number of hydrogen-bond acceptors (Lipinski definition) is 5. The first-order valence-corrected chi connectivity index (χ1v) is 9.20. The van der Waals surface area contributed by atoms with Crippen LogP contribution in [0.1, 0.15) is 34.7 Å². The lowest BCUT2D eigenvalue weighted by atomic mass is 9.93. The number of benzene rings is 1. The second-order valence-corrected chi connectivity index (χ2v) is 6.94. The van der Waals surface area contributed by atoms with Gasteiger partial charge in [0.25, 0.3) is 11.7 Å². The third kappa shape index (κ3) is 3.68. The number of nitrogens with zero attached hydrogens (tertiary/aromatic N) is 2. The molecule has 1 aliphatic heterocycles. The minimum Gasteiger partial charge on any atom is -0.507 e. The molecule has 1 amide bonds. The molecular formula is C22H24N2O4. The van der Waals surface area contributed by atoms with Crippen LogP contribution in [0.3, 0.4) is 0 Å². The number of ketones is 1. The zero-order chi connectivity index (χ0) is 20.3. The summed E-state index contributed by atoms with van der Waals surface area (Å²) in [5.41, 5.74) is 3.21. The number of pyridine rings is 1. The summed E-state index contributed by atoms with van der Waals surface area (Å²) < 4.78 is 5.08. The zero-order valence-electron chi connectivity index (χ0n) is 16.3. The van der Waals surface area contributed by atoms with E-state index in [0.29, 0.717) is 25.1 Å². The second kappa shape index (κ2) is 8.35. The number of aromatic nitrogens is 1. The van der Waals surface area contributed by atoms with Crippen LogP contribution in [-0.4, -0.2) is 46.9 Å². The van der Waals surface area contributed by atoms with Crippen LogP contribution in [0.5, 0.6) is 0 Å². The maximum atomic E-state index is 12.9. The number of Topliss-reactive ketones (excluding diaryl/α,β-unsaturated/α-hetero) is 1. The number of hydrogen-bond donors (Lipinski definition) is 1. The maximum absolute atomic E-state index is 12.9. The summed E-state index contributed by atoms with van der Waals surface area (Å²) in [7, 11) is 1.59. The number of rotatable bonds is 6. The second-order valence-electron chi connectivity index (χ2n) is 6.94. The molecule has 1 unspecified atom stereocenters. The topological polar surface area (TPSA) is 79.7 Å². The molecular weight excluding hydrogens is 356 g/mol. The average Bonchev–Trinajstić information content (AvgIpc) is 2.95. The lowest BCUT2D eigenvalue weighted by Crippen LogP contribution is -2.31. The van der Waals surface area contributed by atoms with Crippen molar-refractivity contribution in [3.8, 4) is 0 Å². The van der Waals surface area contributed by atoms with E-state index in [4.69, 9.17) is 4.74 Å². The Morgan fingerprint density at radius 1 is 1.18 bits per heavy atom. The van der Waals surface area contributed by atoms with Gasteiger partial charge in [-0.1, -0.05) is 17.7 Å². The molecule has 0 spiro atoms. The Balaban J connectivity index is 2.15. The molecule has 1 atom stereocenters. The van der Waals surface area contributed by atoms with Crippen molar-refractivity contribution >= 4 is 17.4 Å². The average molecular weight is 380 g/mol. The van der Waals surface area contributed by atoms with Gasteiger partial charge in [0.05, 0.1) is 11.6 Å². The summed E-state index contributed by atoms with van der Waals surface area (Å²) in [5.74, 6) is -1.42. The van der Waals surface area contributed by atoms with Crippen molar-refractivity contribution in [1.29, 1.82) is 0 Å². The highest BCUT2D eigenvalue weighted by molar-refractivity contribution is 6.46. The fourth-order valence-corrected chi connectivity index (χ4v) is 3.52. The third-order valence-electron chi connectivity index (χ3n) is 4.96. The molecule has 1 aliphatic rings. The van der Waals surface area contributed by atoms with Gasteiger partial charge in [-0.15, -0.1) is 0 Å². The fourth-order valence-electron chi connectivity index (χ4n) is 3.52. The van der Waals surface area contributed by atoms with Crippen molar-refractivity contribution < 1.29 is 19.4 Å². The molecule has 1 aromatic carbocycles. The van der Waals surface area contributed by atoms with Crippen LogP contribution >= 0.6 is 0 Å². The predicted molar refractivity (Wildman–Crippen MR) is 106 cm³/mol. The molecule has 0 saturated carbocycles. The minimum atomic E-state index is -0.669. The molecule has 0 bridgehead atoms. The molecule has 1 fully saturated rings. The van der Waals surface area contributed by atoms with Crippen molar-refractivity contribution in [3.63, 3.8) is 0 Å². The van der Waals surface area contributed by atoms with Gasteiger partial charge in [-0.3, -0.25) is 14.6 Å². The number of aryl methyl sites for hydroxylation is 2. The standard InChI is InChI=1S/C22H24N2O4/c1-14-5-6-15(2)17(13-14)20(25)18-19(16-7-9-23-10-8-16)24(11-4-12-28-3)22(27)21(18)26/h5-10,13,19,25H,4,11-12H2,1-3H3/b20-18+. The Labute approximate surface area is 164 Å². The lowest BCUT2D eigenvalue weighted by Gasteiger charge is -2.25.